The molecule has 1 aromatic rings. The summed E-state index contributed by atoms with van der Waals surface area (Å²) in [5.74, 6) is -0.901. The molecule has 18 heavy (non-hydrogen) atoms. The van der Waals surface area contributed by atoms with Gasteiger partial charge in [0.15, 0.2) is 0 Å². The maximum Gasteiger partial charge on any atom is 0.314 e. The molecule has 0 amide bonds. The van der Waals surface area contributed by atoms with Crippen LogP contribution in [0.4, 0.5) is 5.69 Å². The number of aliphatic carboxylic acids is 1. The van der Waals surface area contributed by atoms with Crippen LogP contribution in [0.2, 0.25) is 0 Å². The number of nitrogens with zero attached hydrogens (tertiary/aromatic N) is 1. The highest BCUT2D eigenvalue weighted by Crippen LogP contribution is 2.55. The minimum Gasteiger partial charge on any atom is -0.481 e. The monoisotopic (exact) mass is 249 g/mol. The van der Waals surface area contributed by atoms with Gasteiger partial charge < -0.3 is 5.11 Å². The highest BCUT2D eigenvalue weighted by atomic mass is 16.6. The molecule has 96 valence electrons. The van der Waals surface area contributed by atoms with Gasteiger partial charge in [0, 0.05) is 12.1 Å². The van der Waals surface area contributed by atoms with E-state index in [0.717, 1.165) is 0 Å². The highest BCUT2D eigenvalue weighted by Gasteiger charge is 2.55. The van der Waals surface area contributed by atoms with Gasteiger partial charge in [0.25, 0.3) is 5.69 Å². The van der Waals surface area contributed by atoms with Gasteiger partial charge in [0.05, 0.1) is 10.3 Å². The quantitative estimate of drug-likeness (QED) is 0.659. The van der Waals surface area contributed by atoms with E-state index in [9.17, 15) is 20.0 Å². The summed E-state index contributed by atoms with van der Waals surface area (Å²) in [4.78, 5) is 21.7. The summed E-state index contributed by atoms with van der Waals surface area (Å²) < 4.78 is 0. The number of nitro benzene ring substituents is 1. The number of carboxylic acid groups (broad SMARTS) is 1. The summed E-state index contributed by atoms with van der Waals surface area (Å²) >= 11 is 0. The Balaban J connectivity index is 2.43. The van der Waals surface area contributed by atoms with E-state index in [1.807, 2.05) is 13.8 Å². The Labute approximate surface area is 105 Å². The van der Waals surface area contributed by atoms with E-state index >= 15 is 0 Å². The van der Waals surface area contributed by atoms with Crippen LogP contribution in [-0.2, 0) is 10.2 Å². The maximum absolute atomic E-state index is 11.5. The van der Waals surface area contributed by atoms with Gasteiger partial charge in [-0.15, -0.1) is 0 Å². The SMILES string of the molecule is CC1(C)CC(C(=O)O)(c2cccc([N+](=O)[O-])c2)C1. The number of hydrogen-bond acceptors (Lipinski definition) is 3. The van der Waals surface area contributed by atoms with Crippen molar-refractivity contribution in [2.75, 3.05) is 0 Å². The first-order valence-electron chi connectivity index (χ1n) is 5.75. The topological polar surface area (TPSA) is 80.4 Å². The summed E-state index contributed by atoms with van der Waals surface area (Å²) in [5.41, 5.74) is -0.514. The average Bonchev–Trinajstić information content (AvgIpc) is 2.25. The van der Waals surface area contributed by atoms with Crippen molar-refractivity contribution < 1.29 is 14.8 Å². The van der Waals surface area contributed by atoms with E-state index in [-0.39, 0.29) is 11.1 Å². The predicted octanol–water partition coefficient (Wildman–Crippen LogP) is 2.74. The molecular formula is C13H15NO4. The highest BCUT2D eigenvalue weighted by molar-refractivity contribution is 5.83. The molecule has 5 heteroatoms. The lowest BCUT2D eigenvalue weighted by Gasteiger charge is -2.50. The Morgan fingerprint density at radius 3 is 2.44 bits per heavy atom. The second-order valence-electron chi connectivity index (χ2n) is 5.71. The van der Waals surface area contributed by atoms with Crippen molar-refractivity contribution in [3.8, 4) is 0 Å². The Hall–Kier alpha value is -1.91. The number of hydrogen-bond donors (Lipinski definition) is 1. The fourth-order valence-electron chi connectivity index (χ4n) is 2.98. The predicted molar refractivity (Wildman–Crippen MR) is 65.4 cm³/mol. The number of nitro groups is 1. The Bertz CT molecular complexity index is 513. The lowest BCUT2D eigenvalue weighted by molar-refractivity contribution is -0.385. The molecule has 1 aliphatic rings. The van der Waals surface area contributed by atoms with Gasteiger partial charge in [-0.3, -0.25) is 14.9 Å². The van der Waals surface area contributed by atoms with Crippen LogP contribution in [0.3, 0.4) is 0 Å². The third kappa shape index (κ3) is 1.85. The van der Waals surface area contributed by atoms with Crippen LogP contribution in [0.25, 0.3) is 0 Å². The molecule has 0 unspecified atom stereocenters. The second kappa shape index (κ2) is 3.80. The van der Waals surface area contributed by atoms with Gasteiger partial charge in [-0.05, 0) is 23.8 Å². The van der Waals surface area contributed by atoms with Crippen molar-refractivity contribution in [1.29, 1.82) is 0 Å². The summed E-state index contributed by atoms with van der Waals surface area (Å²) in [7, 11) is 0. The molecule has 0 spiro atoms. The summed E-state index contributed by atoms with van der Waals surface area (Å²) in [6.45, 7) is 4.01. The van der Waals surface area contributed by atoms with Crippen molar-refractivity contribution in [2.45, 2.75) is 32.1 Å². The minimum atomic E-state index is -0.963. The Kier molecular flexibility index (Phi) is 2.65. The van der Waals surface area contributed by atoms with E-state index in [1.54, 1.807) is 12.1 Å². The molecule has 0 aliphatic heterocycles. The Morgan fingerprint density at radius 2 is 2.00 bits per heavy atom. The first-order chi connectivity index (χ1) is 8.27. The third-order valence-corrected chi connectivity index (χ3v) is 3.58. The average molecular weight is 249 g/mol. The van der Waals surface area contributed by atoms with Gasteiger partial charge in [0.2, 0.25) is 0 Å². The van der Waals surface area contributed by atoms with Crippen LogP contribution >= 0.6 is 0 Å². The molecule has 0 aromatic heterocycles. The molecule has 0 saturated heterocycles. The zero-order chi connectivity index (χ0) is 13.6. The van der Waals surface area contributed by atoms with Gasteiger partial charge in [-0.25, -0.2) is 0 Å². The zero-order valence-electron chi connectivity index (χ0n) is 10.3. The lowest BCUT2D eigenvalue weighted by Crippen LogP contribution is -2.52. The molecular weight excluding hydrogens is 234 g/mol. The standard InChI is InChI=1S/C13H15NO4/c1-12(2)7-13(8-12,11(15)16)9-4-3-5-10(6-9)14(17)18/h3-6H,7-8H2,1-2H3,(H,15,16). The molecule has 0 heterocycles. The van der Waals surface area contributed by atoms with Crippen LogP contribution in [0.1, 0.15) is 32.3 Å². The molecule has 1 saturated carbocycles. The third-order valence-electron chi connectivity index (χ3n) is 3.58. The number of benzene rings is 1. The summed E-state index contributed by atoms with van der Waals surface area (Å²) in [6, 6.07) is 5.96. The van der Waals surface area contributed by atoms with Crippen molar-refractivity contribution in [1.82, 2.24) is 0 Å². The molecule has 2 rings (SSSR count). The normalized spacial score (nSPS) is 19.9. The number of carbonyl (C=O) groups is 1. The van der Waals surface area contributed by atoms with E-state index in [2.05, 4.69) is 0 Å². The molecule has 0 atom stereocenters. The van der Waals surface area contributed by atoms with Gasteiger partial charge >= 0.3 is 5.97 Å². The molecule has 1 fully saturated rings. The molecule has 1 aliphatic carbocycles. The first-order valence-corrected chi connectivity index (χ1v) is 5.75. The zero-order valence-corrected chi connectivity index (χ0v) is 10.3. The molecule has 0 radical (unpaired) electrons. The van der Waals surface area contributed by atoms with Crippen LogP contribution in [0.15, 0.2) is 24.3 Å². The summed E-state index contributed by atoms with van der Waals surface area (Å²) in [6.07, 6.45) is 1.02. The van der Waals surface area contributed by atoms with E-state index in [0.29, 0.717) is 18.4 Å². The lowest BCUT2D eigenvalue weighted by atomic mass is 9.52. The van der Waals surface area contributed by atoms with Crippen LogP contribution in [0.5, 0.6) is 0 Å². The number of rotatable bonds is 3. The van der Waals surface area contributed by atoms with Crippen molar-refractivity contribution in [2.24, 2.45) is 5.41 Å². The number of carboxylic acids is 1. The van der Waals surface area contributed by atoms with Crippen molar-refractivity contribution in [3.05, 3.63) is 39.9 Å². The molecule has 1 aromatic carbocycles. The largest absolute Gasteiger partial charge is 0.481 e. The smallest absolute Gasteiger partial charge is 0.314 e. The summed E-state index contributed by atoms with van der Waals surface area (Å²) in [5, 5.41) is 20.2. The fraction of sp³-hybridized carbons (Fsp3) is 0.462. The van der Waals surface area contributed by atoms with Gasteiger partial charge in [-0.2, -0.15) is 0 Å². The van der Waals surface area contributed by atoms with Gasteiger partial charge in [0.1, 0.15) is 0 Å². The molecule has 1 N–H and O–H groups in total. The molecule has 0 bridgehead atoms. The van der Waals surface area contributed by atoms with Crippen LogP contribution in [0, 0.1) is 15.5 Å². The van der Waals surface area contributed by atoms with E-state index < -0.39 is 16.3 Å². The fourth-order valence-corrected chi connectivity index (χ4v) is 2.98. The number of non-ortho nitro benzene ring substituents is 1. The van der Waals surface area contributed by atoms with E-state index in [1.165, 1.54) is 12.1 Å². The van der Waals surface area contributed by atoms with Crippen LogP contribution in [-0.4, -0.2) is 16.0 Å². The Morgan fingerprint density at radius 1 is 1.39 bits per heavy atom. The van der Waals surface area contributed by atoms with E-state index in [4.69, 9.17) is 0 Å². The van der Waals surface area contributed by atoms with Crippen LogP contribution < -0.4 is 0 Å². The van der Waals surface area contributed by atoms with Crippen molar-refractivity contribution in [3.63, 3.8) is 0 Å². The maximum atomic E-state index is 11.5. The van der Waals surface area contributed by atoms with Crippen molar-refractivity contribution >= 4 is 11.7 Å². The first kappa shape index (κ1) is 12.5. The molecule has 5 nitrogen and oxygen atoms in total. The second-order valence-corrected chi connectivity index (χ2v) is 5.71. The van der Waals surface area contributed by atoms with Gasteiger partial charge in [-0.1, -0.05) is 26.0 Å². The minimum absolute atomic E-state index is 0.0248.